The molecule has 0 aliphatic carbocycles. The van der Waals surface area contributed by atoms with E-state index in [0.717, 1.165) is 15.2 Å². The van der Waals surface area contributed by atoms with Crippen LogP contribution in [0.1, 0.15) is 28.3 Å². The number of esters is 1. The third-order valence-electron chi connectivity index (χ3n) is 4.67. The Balaban J connectivity index is 1.40. The first-order valence-electron chi connectivity index (χ1n) is 9.02. The molecule has 0 aliphatic heterocycles. The molecule has 2 aromatic heterocycles. The maximum absolute atomic E-state index is 12.5. The number of amides is 1. The second-order valence-electron chi connectivity index (χ2n) is 6.54. The summed E-state index contributed by atoms with van der Waals surface area (Å²) in [6.45, 7) is 1.56. The van der Waals surface area contributed by atoms with Crippen molar-refractivity contribution in [2.75, 3.05) is 13.7 Å². The minimum Gasteiger partial charge on any atom is -0.452 e. The van der Waals surface area contributed by atoms with E-state index in [1.165, 1.54) is 4.90 Å². The second kappa shape index (κ2) is 7.92. The van der Waals surface area contributed by atoms with Gasteiger partial charge >= 0.3 is 5.97 Å². The summed E-state index contributed by atoms with van der Waals surface area (Å²) in [5.74, 6) is -0.877. The van der Waals surface area contributed by atoms with Crippen molar-refractivity contribution >= 4 is 44.5 Å². The van der Waals surface area contributed by atoms with Crippen LogP contribution in [0.25, 0.3) is 21.3 Å². The molecule has 1 atom stereocenters. The number of para-hydroxylation sites is 1. The molecule has 1 amide bonds. The fraction of sp³-hybridized carbons (Fsp3) is 0.190. The van der Waals surface area contributed by atoms with Gasteiger partial charge in [-0.1, -0.05) is 12.1 Å². The van der Waals surface area contributed by atoms with E-state index in [1.807, 2.05) is 31.2 Å². The van der Waals surface area contributed by atoms with Crippen molar-refractivity contribution in [1.82, 2.24) is 19.9 Å². The van der Waals surface area contributed by atoms with Crippen molar-refractivity contribution < 1.29 is 14.3 Å². The van der Waals surface area contributed by atoms with Crippen LogP contribution in [0.4, 0.5) is 0 Å². The van der Waals surface area contributed by atoms with Crippen LogP contribution >= 0.6 is 11.3 Å². The van der Waals surface area contributed by atoms with Gasteiger partial charge in [0.05, 0.1) is 32.9 Å². The summed E-state index contributed by atoms with van der Waals surface area (Å²) < 4.78 is 6.28. The SMILES string of the molecule is C[C@@H](c1nc2ccccc2s1)N(C)C(=O)COC(=O)c1ccc2nccnc2c1. The highest BCUT2D eigenvalue weighted by atomic mass is 32.1. The van der Waals surface area contributed by atoms with Crippen LogP contribution in [0.5, 0.6) is 0 Å². The van der Waals surface area contributed by atoms with Gasteiger partial charge < -0.3 is 9.64 Å². The number of nitrogens with zero attached hydrogens (tertiary/aromatic N) is 4. The molecule has 0 spiro atoms. The van der Waals surface area contributed by atoms with Crippen LogP contribution in [0, 0.1) is 0 Å². The largest absolute Gasteiger partial charge is 0.452 e. The molecule has 0 bridgehead atoms. The van der Waals surface area contributed by atoms with Gasteiger partial charge in [0.25, 0.3) is 5.91 Å². The molecular weight excluding hydrogens is 388 g/mol. The number of rotatable bonds is 5. The summed E-state index contributed by atoms with van der Waals surface area (Å²) in [6.07, 6.45) is 3.14. The first-order chi connectivity index (χ1) is 14.0. The number of ether oxygens (including phenoxy) is 1. The summed E-state index contributed by atoms with van der Waals surface area (Å²) in [7, 11) is 1.68. The third-order valence-corrected chi connectivity index (χ3v) is 5.88. The maximum atomic E-state index is 12.5. The molecule has 29 heavy (non-hydrogen) atoms. The van der Waals surface area contributed by atoms with Crippen molar-refractivity contribution in [3.8, 4) is 0 Å². The Morgan fingerprint density at radius 2 is 1.83 bits per heavy atom. The molecule has 4 aromatic rings. The summed E-state index contributed by atoms with van der Waals surface area (Å²) in [5.41, 5.74) is 2.51. The number of thiazole rings is 1. The third kappa shape index (κ3) is 3.93. The van der Waals surface area contributed by atoms with Gasteiger partial charge in [-0.2, -0.15) is 0 Å². The maximum Gasteiger partial charge on any atom is 0.338 e. The predicted octanol–water partition coefficient (Wildman–Crippen LogP) is 3.62. The van der Waals surface area contributed by atoms with Gasteiger partial charge in [0.15, 0.2) is 6.61 Å². The Kier molecular flexibility index (Phi) is 5.18. The molecule has 2 aromatic carbocycles. The average Bonchev–Trinajstić information content (AvgIpc) is 3.20. The van der Waals surface area contributed by atoms with Gasteiger partial charge in [0.1, 0.15) is 5.01 Å². The number of carbonyl (C=O) groups is 2. The van der Waals surface area contributed by atoms with Gasteiger partial charge in [-0.3, -0.25) is 14.8 Å². The number of aromatic nitrogens is 3. The lowest BCUT2D eigenvalue weighted by Crippen LogP contribution is -2.33. The van der Waals surface area contributed by atoms with E-state index in [0.29, 0.717) is 16.6 Å². The zero-order chi connectivity index (χ0) is 20.4. The van der Waals surface area contributed by atoms with Gasteiger partial charge in [0.2, 0.25) is 0 Å². The Morgan fingerprint density at radius 3 is 2.62 bits per heavy atom. The van der Waals surface area contributed by atoms with Gasteiger partial charge in [-0.25, -0.2) is 9.78 Å². The smallest absolute Gasteiger partial charge is 0.338 e. The van der Waals surface area contributed by atoms with Crippen molar-refractivity contribution in [3.05, 3.63) is 65.4 Å². The van der Waals surface area contributed by atoms with Crippen LogP contribution in [0.3, 0.4) is 0 Å². The number of benzene rings is 2. The van der Waals surface area contributed by atoms with E-state index in [1.54, 1.807) is 49.0 Å². The summed E-state index contributed by atoms with van der Waals surface area (Å²) in [4.78, 5) is 39.3. The first kappa shape index (κ1) is 18.9. The molecule has 0 saturated carbocycles. The fourth-order valence-corrected chi connectivity index (χ4v) is 3.92. The number of hydrogen-bond donors (Lipinski definition) is 0. The molecule has 7 nitrogen and oxygen atoms in total. The van der Waals surface area contributed by atoms with E-state index in [4.69, 9.17) is 4.74 Å². The van der Waals surface area contributed by atoms with Crippen LogP contribution in [-0.2, 0) is 9.53 Å². The normalized spacial score (nSPS) is 12.1. The first-order valence-corrected chi connectivity index (χ1v) is 9.83. The summed E-state index contributed by atoms with van der Waals surface area (Å²) in [5, 5.41) is 0.835. The number of carbonyl (C=O) groups excluding carboxylic acids is 2. The molecule has 0 N–H and O–H groups in total. The second-order valence-corrected chi connectivity index (χ2v) is 7.60. The summed E-state index contributed by atoms with van der Waals surface area (Å²) >= 11 is 1.55. The Hall–Kier alpha value is -3.39. The molecular formula is C21H18N4O3S. The highest BCUT2D eigenvalue weighted by molar-refractivity contribution is 7.18. The zero-order valence-electron chi connectivity index (χ0n) is 15.9. The number of hydrogen-bond acceptors (Lipinski definition) is 7. The quantitative estimate of drug-likeness (QED) is 0.471. The van der Waals surface area contributed by atoms with E-state index in [-0.39, 0.29) is 18.6 Å². The van der Waals surface area contributed by atoms with Crippen LogP contribution in [0.15, 0.2) is 54.9 Å². The zero-order valence-corrected chi connectivity index (χ0v) is 16.7. The van der Waals surface area contributed by atoms with E-state index in [9.17, 15) is 9.59 Å². The molecule has 0 unspecified atom stereocenters. The van der Waals surface area contributed by atoms with E-state index >= 15 is 0 Å². The summed E-state index contributed by atoms with van der Waals surface area (Å²) in [6, 6.07) is 12.5. The average molecular weight is 406 g/mol. The minimum atomic E-state index is -0.577. The molecule has 4 rings (SSSR count). The fourth-order valence-electron chi connectivity index (χ4n) is 2.85. The molecule has 0 saturated heterocycles. The van der Waals surface area contributed by atoms with Gasteiger partial charge in [0, 0.05) is 19.4 Å². The van der Waals surface area contributed by atoms with Gasteiger partial charge in [-0.05, 0) is 37.3 Å². The van der Waals surface area contributed by atoms with Crippen LogP contribution < -0.4 is 0 Å². The molecule has 2 heterocycles. The van der Waals surface area contributed by atoms with E-state index in [2.05, 4.69) is 15.0 Å². The van der Waals surface area contributed by atoms with Crippen molar-refractivity contribution in [2.45, 2.75) is 13.0 Å². The lowest BCUT2D eigenvalue weighted by molar-refractivity contribution is -0.135. The molecule has 0 radical (unpaired) electrons. The Morgan fingerprint density at radius 1 is 1.07 bits per heavy atom. The molecule has 0 aliphatic rings. The van der Waals surface area contributed by atoms with Crippen molar-refractivity contribution in [1.29, 1.82) is 0 Å². The molecule has 8 heteroatoms. The number of likely N-dealkylation sites (N-methyl/N-ethyl adjacent to an activating group) is 1. The van der Waals surface area contributed by atoms with Crippen molar-refractivity contribution in [3.63, 3.8) is 0 Å². The molecule has 0 fully saturated rings. The molecule has 146 valence electrons. The topological polar surface area (TPSA) is 85.3 Å². The number of fused-ring (bicyclic) bond motifs is 2. The van der Waals surface area contributed by atoms with E-state index < -0.39 is 5.97 Å². The highest BCUT2D eigenvalue weighted by Gasteiger charge is 2.22. The van der Waals surface area contributed by atoms with Crippen molar-refractivity contribution in [2.24, 2.45) is 0 Å². The lowest BCUT2D eigenvalue weighted by atomic mass is 10.2. The predicted molar refractivity (Wildman–Crippen MR) is 111 cm³/mol. The van der Waals surface area contributed by atoms with Crippen LogP contribution in [-0.4, -0.2) is 45.4 Å². The van der Waals surface area contributed by atoms with Crippen LogP contribution in [0.2, 0.25) is 0 Å². The Bertz CT molecular complexity index is 1170. The standard InChI is InChI=1S/C21H18N4O3S/c1-13(20-24-16-5-3-4-6-18(16)29-20)25(2)19(26)12-28-21(27)14-7-8-15-17(11-14)23-10-9-22-15/h3-11,13H,12H2,1-2H3/t13-/m0/s1. The Labute approximate surface area is 171 Å². The lowest BCUT2D eigenvalue weighted by Gasteiger charge is -2.23. The monoisotopic (exact) mass is 406 g/mol. The highest BCUT2D eigenvalue weighted by Crippen LogP contribution is 2.28. The van der Waals surface area contributed by atoms with Gasteiger partial charge in [-0.15, -0.1) is 11.3 Å². The minimum absolute atomic E-state index is 0.227.